The van der Waals surface area contributed by atoms with Gasteiger partial charge in [-0.25, -0.2) is 18.7 Å². The van der Waals surface area contributed by atoms with Gasteiger partial charge in [0.25, 0.3) is 0 Å². The maximum Gasteiger partial charge on any atom is 0.223 e. The first-order valence-corrected chi connectivity index (χ1v) is 5.65. The number of benzene rings is 1. The third-order valence-corrected chi connectivity index (χ3v) is 2.41. The molecule has 0 amide bonds. The van der Waals surface area contributed by atoms with E-state index in [9.17, 15) is 8.78 Å². The van der Waals surface area contributed by atoms with Gasteiger partial charge in [0.2, 0.25) is 5.95 Å². The van der Waals surface area contributed by atoms with Gasteiger partial charge in [0.15, 0.2) is 0 Å². The Bertz CT molecular complexity index is 550. The molecular formula is C13H13F2N3. The number of aryl methyl sites for hydroxylation is 1. The molecule has 0 fully saturated rings. The zero-order valence-corrected chi connectivity index (χ0v) is 10.2. The zero-order valence-electron chi connectivity index (χ0n) is 10.2. The predicted octanol–water partition coefficient (Wildman–Crippen LogP) is 3.16. The van der Waals surface area contributed by atoms with Crippen LogP contribution in [0.4, 0.5) is 14.7 Å². The van der Waals surface area contributed by atoms with Crippen LogP contribution in [-0.4, -0.2) is 16.5 Å². The quantitative estimate of drug-likeness (QED) is 0.908. The fourth-order valence-electron chi connectivity index (χ4n) is 1.68. The van der Waals surface area contributed by atoms with Crippen LogP contribution in [-0.2, 0) is 0 Å². The lowest BCUT2D eigenvalue weighted by molar-refractivity contribution is 0.588. The van der Waals surface area contributed by atoms with Gasteiger partial charge in [0.05, 0.1) is 11.3 Å². The van der Waals surface area contributed by atoms with Crippen molar-refractivity contribution in [3.8, 4) is 11.3 Å². The van der Waals surface area contributed by atoms with Crippen molar-refractivity contribution in [3.63, 3.8) is 0 Å². The molecule has 94 valence electrons. The fraction of sp³-hybridized carbons (Fsp3) is 0.231. The average Bonchev–Trinajstić information content (AvgIpc) is 2.28. The Labute approximate surface area is 104 Å². The third-order valence-electron chi connectivity index (χ3n) is 2.41. The summed E-state index contributed by atoms with van der Waals surface area (Å²) in [6.45, 7) is 4.29. The molecule has 0 spiro atoms. The van der Waals surface area contributed by atoms with E-state index in [0.29, 0.717) is 18.2 Å². The predicted molar refractivity (Wildman–Crippen MR) is 66.3 cm³/mol. The second-order valence-corrected chi connectivity index (χ2v) is 3.85. The molecule has 1 aromatic heterocycles. The van der Waals surface area contributed by atoms with Gasteiger partial charge in [0, 0.05) is 12.2 Å². The van der Waals surface area contributed by atoms with Crippen molar-refractivity contribution in [1.29, 1.82) is 0 Å². The van der Waals surface area contributed by atoms with E-state index in [1.54, 1.807) is 13.0 Å². The minimum Gasteiger partial charge on any atom is -0.354 e. The molecule has 0 saturated carbocycles. The number of anilines is 1. The van der Waals surface area contributed by atoms with E-state index in [4.69, 9.17) is 0 Å². The van der Waals surface area contributed by atoms with E-state index in [-0.39, 0.29) is 11.3 Å². The molecule has 0 aliphatic carbocycles. The van der Waals surface area contributed by atoms with Gasteiger partial charge in [-0.3, -0.25) is 0 Å². The third kappa shape index (κ3) is 2.45. The molecule has 1 heterocycles. The smallest absolute Gasteiger partial charge is 0.223 e. The summed E-state index contributed by atoms with van der Waals surface area (Å²) < 4.78 is 27.3. The van der Waals surface area contributed by atoms with Crippen LogP contribution in [0.5, 0.6) is 0 Å². The summed E-state index contributed by atoms with van der Waals surface area (Å²) in [5, 5.41) is 2.93. The number of rotatable bonds is 3. The maximum atomic E-state index is 13.7. The molecule has 0 saturated heterocycles. The topological polar surface area (TPSA) is 37.8 Å². The summed E-state index contributed by atoms with van der Waals surface area (Å²) in [7, 11) is 0. The number of nitrogens with one attached hydrogen (secondary N) is 1. The minimum atomic E-state index is -0.629. The van der Waals surface area contributed by atoms with Crippen LogP contribution in [0.1, 0.15) is 12.6 Å². The number of aromatic nitrogens is 2. The SMILES string of the molecule is CCNc1nc(C)cc(-c2c(F)cccc2F)n1. The van der Waals surface area contributed by atoms with Gasteiger partial charge in [-0.1, -0.05) is 6.07 Å². The number of hydrogen-bond donors (Lipinski definition) is 1. The molecule has 0 bridgehead atoms. The minimum absolute atomic E-state index is 0.123. The lowest BCUT2D eigenvalue weighted by atomic mass is 10.1. The van der Waals surface area contributed by atoms with Gasteiger partial charge in [-0.2, -0.15) is 0 Å². The molecule has 0 radical (unpaired) electrons. The van der Waals surface area contributed by atoms with Crippen molar-refractivity contribution in [2.24, 2.45) is 0 Å². The van der Waals surface area contributed by atoms with Crippen LogP contribution in [0.15, 0.2) is 24.3 Å². The molecule has 1 aromatic carbocycles. The lowest BCUT2D eigenvalue weighted by Gasteiger charge is -2.08. The molecule has 1 N–H and O–H groups in total. The van der Waals surface area contributed by atoms with Gasteiger partial charge >= 0.3 is 0 Å². The van der Waals surface area contributed by atoms with Crippen molar-refractivity contribution >= 4 is 5.95 Å². The van der Waals surface area contributed by atoms with Crippen molar-refractivity contribution in [2.75, 3.05) is 11.9 Å². The second-order valence-electron chi connectivity index (χ2n) is 3.85. The largest absolute Gasteiger partial charge is 0.354 e. The highest BCUT2D eigenvalue weighted by Gasteiger charge is 2.13. The van der Waals surface area contributed by atoms with Crippen LogP contribution < -0.4 is 5.32 Å². The highest BCUT2D eigenvalue weighted by molar-refractivity contribution is 5.62. The zero-order chi connectivity index (χ0) is 13.1. The van der Waals surface area contributed by atoms with Crippen LogP contribution in [0.3, 0.4) is 0 Å². The lowest BCUT2D eigenvalue weighted by Crippen LogP contribution is -2.04. The summed E-state index contributed by atoms with van der Waals surface area (Å²) >= 11 is 0. The Morgan fingerprint density at radius 2 is 1.83 bits per heavy atom. The monoisotopic (exact) mass is 249 g/mol. The highest BCUT2D eigenvalue weighted by Crippen LogP contribution is 2.25. The first-order chi connectivity index (χ1) is 8.61. The first-order valence-electron chi connectivity index (χ1n) is 5.65. The van der Waals surface area contributed by atoms with Crippen LogP contribution >= 0.6 is 0 Å². The Morgan fingerprint density at radius 1 is 1.17 bits per heavy atom. The molecule has 5 heteroatoms. The summed E-state index contributed by atoms with van der Waals surface area (Å²) in [5.41, 5.74) is 0.773. The summed E-state index contributed by atoms with van der Waals surface area (Å²) in [6.07, 6.45) is 0. The molecule has 18 heavy (non-hydrogen) atoms. The molecule has 0 atom stereocenters. The number of nitrogens with zero attached hydrogens (tertiary/aromatic N) is 2. The van der Waals surface area contributed by atoms with E-state index in [1.165, 1.54) is 18.2 Å². The van der Waals surface area contributed by atoms with Gasteiger partial charge in [-0.05, 0) is 32.0 Å². The van der Waals surface area contributed by atoms with Gasteiger partial charge < -0.3 is 5.32 Å². The van der Waals surface area contributed by atoms with Crippen molar-refractivity contribution < 1.29 is 8.78 Å². The van der Waals surface area contributed by atoms with E-state index >= 15 is 0 Å². The second kappa shape index (κ2) is 5.08. The summed E-state index contributed by atoms with van der Waals surface area (Å²) in [5.74, 6) is -0.888. The van der Waals surface area contributed by atoms with E-state index in [0.717, 1.165) is 0 Å². The Hall–Kier alpha value is -2.04. The van der Waals surface area contributed by atoms with Crippen LogP contribution in [0.25, 0.3) is 11.3 Å². The van der Waals surface area contributed by atoms with E-state index in [1.807, 2.05) is 6.92 Å². The number of hydrogen-bond acceptors (Lipinski definition) is 3. The molecule has 2 aromatic rings. The van der Waals surface area contributed by atoms with Crippen LogP contribution in [0, 0.1) is 18.6 Å². The Kier molecular flexibility index (Phi) is 3.50. The van der Waals surface area contributed by atoms with Gasteiger partial charge in [-0.15, -0.1) is 0 Å². The van der Waals surface area contributed by atoms with Crippen molar-refractivity contribution in [1.82, 2.24) is 9.97 Å². The van der Waals surface area contributed by atoms with Crippen molar-refractivity contribution in [2.45, 2.75) is 13.8 Å². The summed E-state index contributed by atoms with van der Waals surface area (Å²) in [6, 6.07) is 5.31. The maximum absolute atomic E-state index is 13.7. The molecule has 0 aliphatic rings. The molecular weight excluding hydrogens is 236 g/mol. The normalized spacial score (nSPS) is 10.4. The standard InChI is InChI=1S/C13H13F2N3/c1-3-16-13-17-8(2)7-11(18-13)12-9(14)5-4-6-10(12)15/h4-7H,3H2,1-2H3,(H,16,17,18). The Balaban J connectivity index is 2.56. The number of halogens is 2. The fourth-order valence-corrected chi connectivity index (χ4v) is 1.68. The van der Waals surface area contributed by atoms with Crippen molar-refractivity contribution in [3.05, 3.63) is 41.6 Å². The van der Waals surface area contributed by atoms with Gasteiger partial charge in [0.1, 0.15) is 11.6 Å². The Morgan fingerprint density at radius 3 is 2.44 bits per heavy atom. The molecule has 3 nitrogen and oxygen atoms in total. The van der Waals surface area contributed by atoms with Crippen LogP contribution in [0.2, 0.25) is 0 Å². The van der Waals surface area contributed by atoms with E-state index in [2.05, 4.69) is 15.3 Å². The first kappa shape index (κ1) is 12.4. The average molecular weight is 249 g/mol. The molecule has 2 rings (SSSR count). The summed E-state index contributed by atoms with van der Waals surface area (Å²) in [4.78, 5) is 8.25. The van der Waals surface area contributed by atoms with E-state index < -0.39 is 11.6 Å². The molecule has 0 unspecified atom stereocenters. The molecule has 0 aliphatic heterocycles. The highest BCUT2D eigenvalue weighted by atomic mass is 19.1.